The molecule has 7 nitrogen and oxygen atoms in total. The summed E-state index contributed by atoms with van der Waals surface area (Å²) in [7, 11) is -3.60. The number of rotatable bonds is 6. The number of sulfonamides is 1. The van der Waals surface area contributed by atoms with Gasteiger partial charge in [-0.25, -0.2) is 8.42 Å². The Hall–Kier alpha value is -2.45. The number of anilines is 1. The van der Waals surface area contributed by atoms with E-state index in [0.29, 0.717) is 22.2 Å². The van der Waals surface area contributed by atoms with Crippen LogP contribution >= 0.6 is 11.6 Å². The average Bonchev–Trinajstić information content (AvgIpc) is 2.70. The Morgan fingerprint density at radius 1 is 1.25 bits per heavy atom. The number of carbonyl (C=O) groups excluding carboxylic acids is 1. The number of hydrogen-bond acceptors (Lipinski definition) is 5. The minimum absolute atomic E-state index is 0.0975. The van der Waals surface area contributed by atoms with Crippen molar-refractivity contribution in [3.8, 4) is 11.5 Å². The van der Waals surface area contributed by atoms with E-state index in [-0.39, 0.29) is 25.1 Å². The molecule has 32 heavy (non-hydrogen) atoms. The second-order valence-corrected chi connectivity index (χ2v) is 11.2. The van der Waals surface area contributed by atoms with Gasteiger partial charge in [-0.1, -0.05) is 44.5 Å². The summed E-state index contributed by atoms with van der Waals surface area (Å²) in [5.74, 6) is 0.561. The van der Waals surface area contributed by atoms with Crippen molar-refractivity contribution < 1.29 is 22.7 Å². The topological polar surface area (TPSA) is 84.9 Å². The van der Waals surface area contributed by atoms with Crippen LogP contribution in [0.25, 0.3) is 0 Å². The lowest BCUT2D eigenvalue weighted by atomic mass is 9.86. The number of aryl methyl sites for hydroxylation is 1. The molecule has 0 spiro atoms. The van der Waals surface area contributed by atoms with E-state index in [9.17, 15) is 13.2 Å². The molecule has 0 saturated heterocycles. The van der Waals surface area contributed by atoms with Crippen LogP contribution in [0.1, 0.15) is 31.9 Å². The van der Waals surface area contributed by atoms with Crippen LogP contribution in [0.4, 0.5) is 5.69 Å². The molecule has 174 valence electrons. The fraction of sp³-hybridized carbons (Fsp3) is 0.435. The largest absolute Gasteiger partial charge is 0.492 e. The Bertz CT molecular complexity index is 1110. The van der Waals surface area contributed by atoms with Crippen LogP contribution in [0.5, 0.6) is 11.5 Å². The minimum atomic E-state index is -3.60. The lowest BCUT2D eigenvalue weighted by Gasteiger charge is -2.35. The molecule has 9 heteroatoms. The molecular formula is C23H29ClN2O5S. The molecule has 1 aliphatic rings. The van der Waals surface area contributed by atoms with E-state index in [2.05, 4.69) is 5.32 Å². The van der Waals surface area contributed by atoms with E-state index < -0.39 is 22.0 Å². The van der Waals surface area contributed by atoms with Gasteiger partial charge in [0.05, 0.1) is 25.0 Å². The summed E-state index contributed by atoms with van der Waals surface area (Å²) in [6.07, 6.45) is 0.160. The molecule has 3 rings (SSSR count). The lowest BCUT2D eigenvalue weighted by molar-refractivity contribution is -0.127. The van der Waals surface area contributed by atoms with E-state index in [1.807, 2.05) is 45.9 Å². The maximum atomic E-state index is 12.7. The number of carbonyl (C=O) groups is 1. The van der Waals surface area contributed by atoms with E-state index in [4.69, 9.17) is 21.1 Å². The van der Waals surface area contributed by atoms with Gasteiger partial charge in [0, 0.05) is 5.02 Å². The molecule has 0 unspecified atom stereocenters. The summed E-state index contributed by atoms with van der Waals surface area (Å²) in [6, 6.07) is 10.8. The number of halogens is 1. The molecule has 0 aromatic heterocycles. The average molecular weight is 481 g/mol. The number of nitrogens with zero attached hydrogens (tertiary/aromatic N) is 1. The number of benzene rings is 2. The highest BCUT2D eigenvalue weighted by Crippen LogP contribution is 2.38. The van der Waals surface area contributed by atoms with Gasteiger partial charge in [-0.3, -0.25) is 9.10 Å². The van der Waals surface area contributed by atoms with Crippen molar-refractivity contribution in [1.82, 2.24) is 5.32 Å². The van der Waals surface area contributed by atoms with Gasteiger partial charge in [-0.05, 0) is 47.7 Å². The summed E-state index contributed by atoms with van der Waals surface area (Å²) >= 11 is 6.08. The van der Waals surface area contributed by atoms with Crippen molar-refractivity contribution in [2.45, 2.75) is 39.2 Å². The summed E-state index contributed by atoms with van der Waals surface area (Å²) in [5, 5.41) is 3.35. The second-order valence-electron chi connectivity index (χ2n) is 8.88. The first-order valence-corrected chi connectivity index (χ1v) is 12.5. The molecule has 0 bridgehead atoms. The Labute approximate surface area is 194 Å². The van der Waals surface area contributed by atoms with Crippen molar-refractivity contribution in [3.63, 3.8) is 0 Å². The SMILES string of the molecule is Cc1ccc(OCCNC(=O)[C@@H]2CN(S(C)(=O)=O)c3cc(C(C)(C)C)ccc3O2)cc1Cl. The van der Waals surface area contributed by atoms with Crippen LogP contribution < -0.4 is 19.1 Å². The predicted octanol–water partition coefficient (Wildman–Crippen LogP) is 3.67. The van der Waals surface area contributed by atoms with Crippen LogP contribution in [-0.4, -0.2) is 46.4 Å². The molecule has 0 saturated carbocycles. The zero-order valence-electron chi connectivity index (χ0n) is 18.9. The van der Waals surface area contributed by atoms with Crippen molar-refractivity contribution >= 4 is 33.2 Å². The van der Waals surface area contributed by atoms with Gasteiger partial charge < -0.3 is 14.8 Å². The third-order valence-corrected chi connectivity index (χ3v) is 6.75. The van der Waals surface area contributed by atoms with E-state index in [0.717, 1.165) is 17.4 Å². The summed E-state index contributed by atoms with van der Waals surface area (Å²) in [4.78, 5) is 12.7. The summed E-state index contributed by atoms with van der Waals surface area (Å²) in [6.45, 7) is 8.42. The summed E-state index contributed by atoms with van der Waals surface area (Å²) in [5.41, 5.74) is 2.22. The van der Waals surface area contributed by atoms with Gasteiger partial charge in [0.15, 0.2) is 6.10 Å². The maximum absolute atomic E-state index is 12.7. The van der Waals surface area contributed by atoms with Gasteiger partial charge in [-0.2, -0.15) is 0 Å². The summed E-state index contributed by atoms with van der Waals surface area (Å²) < 4.78 is 37.6. The third kappa shape index (κ3) is 5.66. The normalized spacial score (nSPS) is 16.2. The molecule has 2 aromatic carbocycles. The fourth-order valence-electron chi connectivity index (χ4n) is 3.29. The molecule has 0 aliphatic carbocycles. The smallest absolute Gasteiger partial charge is 0.263 e. The van der Waals surface area contributed by atoms with Gasteiger partial charge in [0.1, 0.15) is 18.1 Å². The highest BCUT2D eigenvalue weighted by atomic mass is 35.5. The van der Waals surface area contributed by atoms with Crippen molar-refractivity contribution in [3.05, 3.63) is 52.5 Å². The zero-order chi connectivity index (χ0) is 23.7. The highest BCUT2D eigenvalue weighted by molar-refractivity contribution is 7.92. The first kappa shape index (κ1) is 24.2. The Balaban J connectivity index is 1.67. The first-order chi connectivity index (χ1) is 14.9. The molecule has 1 N–H and O–H groups in total. The van der Waals surface area contributed by atoms with E-state index >= 15 is 0 Å². The Morgan fingerprint density at radius 2 is 1.97 bits per heavy atom. The van der Waals surface area contributed by atoms with Crippen LogP contribution in [0.2, 0.25) is 5.02 Å². The quantitative estimate of drug-likeness (QED) is 0.637. The van der Waals surface area contributed by atoms with Crippen molar-refractivity contribution in [1.29, 1.82) is 0 Å². The molecule has 1 aliphatic heterocycles. The van der Waals surface area contributed by atoms with Crippen LogP contribution in [0, 0.1) is 6.92 Å². The Morgan fingerprint density at radius 3 is 2.59 bits per heavy atom. The lowest BCUT2D eigenvalue weighted by Crippen LogP contribution is -2.51. The second kappa shape index (κ2) is 9.19. The number of fused-ring (bicyclic) bond motifs is 1. The molecule has 2 aromatic rings. The van der Waals surface area contributed by atoms with Gasteiger partial charge in [0.25, 0.3) is 5.91 Å². The van der Waals surface area contributed by atoms with Crippen molar-refractivity contribution in [2.24, 2.45) is 0 Å². The molecule has 1 atom stereocenters. The number of hydrogen-bond donors (Lipinski definition) is 1. The van der Waals surface area contributed by atoms with Gasteiger partial charge in [0.2, 0.25) is 10.0 Å². The molecule has 1 amide bonds. The molecule has 0 radical (unpaired) electrons. The predicted molar refractivity (Wildman–Crippen MR) is 126 cm³/mol. The van der Waals surface area contributed by atoms with Gasteiger partial charge in [-0.15, -0.1) is 0 Å². The molecule has 0 fully saturated rings. The number of ether oxygens (including phenoxy) is 2. The van der Waals surface area contributed by atoms with E-state index in [1.54, 1.807) is 18.2 Å². The zero-order valence-corrected chi connectivity index (χ0v) is 20.5. The van der Waals surface area contributed by atoms with Crippen LogP contribution in [0.15, 0.2) is 36.4 Å². The van der Waals surface area contributed by atoms with Crippen LogP contribution in [0.3, 0.4) is 0 Å². The monoisotopic (exact) mass is 480 g/mol. The van der Waals surface area contributed by atoms with Gasteiger partial charge >= 0.3 is 0 Å². The fourth-order valence-corrected chi connectivity index (χ4v) is 4.37. The maximum Gasteiger partial charge on any atom is 0.263 e. The standard InChI is InChI=1S/C23H29ClN2O5S/c1-15-6-8-17(13-18(15)24)30-11-10-25-22(27)21-14-26(32(5,28)29)19-12-16(23(2,3)4)7-9-20(19)31-21/h6-9,12-13,21H,10-11,14H2,1-5H3,(H,25,27)/t21-/m0/s1. The molecular weight excluding hydrogens is 452 g/mol. The minimum Gasteiger partial charge on any atom is -0.492 e. The highest BCUT2D eigenvalue weighted by Gasteiger charge is 2.35. The van der Waals surface area contributed by atoms with Crippen molar-refractivity contribution in [2.75, 3.05) is 30.3 Å². The van der Waals surface area contributed by atoms with Crippen LogP contribution in [-0.2, 0) is 20.2 Å². The Kier molecular flexibility index (Phi) is 6.95. The first-order valence-electron chi connectivity index (χ1n) is 10.3. The van der Waals surface area contributed by atoms with E-state index in [1.165, 1.54) is 4.31 Å². The third-order valence-electron chi connectivity index (χ3n) is 5.20. The number of nitrogens with one attached hydrogen (secondary N) is 1. The molecule has 1 heterocycles. The number of amides is 1.